The quantitative estimate of drug-likeness (QED) is 0.454. The zero-order chi connectivity index (χ0) is 15.9. The van der Waals surface area contributed by atoms with Gasteiger partial charge in [0.25, 0.3) is 0 Å². The van der Waals surface area contributed by atoms with Crippen molar-refractivity contribution in [3.63, 3.8) is 0 Å². The van der Waals surface area contributed by atoms with Crippen LogP contribution in [-0.2, 0) is 14.3 Å². The fourth-order valence-electron chi connectivity index (χ4n) is 0.945. The molecular weight excluding hydrogens is 351 g/mol. The summed E-state index contributed by atoms with van der Waals surface area (Å²) in [5.41, 5.74) is -4.46. The van der Waals surface area contributed by atoms with Gasteiger partial charge in [-0.25, -0.2) is 0 Å². The van der Waals surface area contributed by atoms with Crippen molar-refractivity contribution in [2.75, 3.05) is 23.4 Å². The first-order valence-electron chi connectivity index (χ1n) is 5.42. The summed E-state index contributed by atoms with van der Waals surface area (Å²) in [6.07, 6.45) is 0. The number of rotatable bonds is 7. The Hall–Kier alpha value is -1.01. The molecule has 6 nitrogen and oxygen atoms in total. The summed E-state index contributed by atoms with van der Waals surface area (Å²) in [7, 11) is 0. The molecule has 21 heavy (non-hydrogen) atoms. The molecule has 0 spiro atoms. The molecule has 0 saturated heterocycles. The van der Waals surface area contributed by atoms with Crippen molar-refractivity contribution in [2.24, 2.45) is 0 Å². The molecule has 118 valence electrons. The maximum Gasteiger partial charge on any atom is 0.442 e. The fourth-order valence-corrected chi connectivity index (χ4v) is 2.88. The van der Waals surface area contributed by atoms with Gasteiger partial charge in [0.2, 0.25) is 11.0 Å². The van der Waals surface area contributed by atoms with E-state index in [4.69, 9.17) is 4.74 Å². The lowest BCUT2D eigenvalue weighted by molar-refractivity contribution is -0.139. The van der Waals surface area contributed by atoms with Crippen LogP contribution >= 0.6 is 34.9 Å². The average Bonchev–Trinajstić information content (AvgIpc) is 2.81. The second kappa shape index (κ2) is 8.44. The highest BCUT2D eigenvalue weighted by molar-refractivity contribution is 8.01. The van der Waals surface area contributed by atoms with Gasteiger partial charge >= 0.3 is 11.5 Å². The molecule has 0 saturated carbocycles. The predicted octanol–water partition coefficient (Wildman–Crippen LogP) is 2.38. The zero-order valence-electron chi connectivity index (χ0n) is 10.6. The van der Waals surface area contributed by atoms with Crippen molar-refractivity contribution >= 4 is 51.9 Å². The molecule has 0 aliphatic rings. The van der Waals surface area contributed by atoms with Crippen molar-refractivity contribution in [3.05, 3.63) is 0 Å². The number of carbonyl (C=O) groups is 2. The maximum absolute atomic E-state index is 11.9. The van der Waals surface area contributed by atoms with E-state index >= 15 is 0 Å². The van der Waals surface area contributed by atoms with E-state index < -0.39 is 34.9 Å². The van der Waals surface area contributed by atoms with Crippen molar-refractivity contribution in [1.29, 1.82) is 0 Å². The number of halogens is 3. The summed E-state index contributed by atoms with van der Waals surface area (Å²) in [4.78, 5) is 22.4. The summed E-state index contributed by atoms with van der Waals surface area (Å²) < 4.78 is 40.8. The smallest absolute Gasteiger partial charge is 0.442 e. The molecule has 1 amide bonds. The molecule has 1 N–H and O–H groups in total. The van der Waals surface area contributed by atoms with Crippen LogP contribution in [0, 0.1) is 0 Å². The van der Waals surface area contributed by atoms with Crippen LogP contribution in [0.4, 0.5) is 18.3 Å². The summed E-state index contributed by atoms with van der Waals surface area (Å²) in [5.74, 6) is -1.95. The minimum Gasteiger partial charge on any atom is -0.465 e. The second-order valence-electron chi connectivity index (χ2n) is 3.25. The Labute approximate surface area is 130 Å². The number of aromatic nitrogens is 2. The van der Waals surface area contributed by atoms with Gasteiger partial charge in [0, 0.05) is 0 Å². The summed E-state index contributed by atoms with van der Waals surface area (Å²) in [5, 5.41) is 9.57. The Morgan fingerprint density at radius 1 is 1.33 bits per heavy atom. The Balaban J connectivity index is 2.37. The number of amides is 1. The van der Waals surface area contributed by atoms with Gasteiger partial charge < -0.3 is 4.74 Å². The number of nitrogens with zero attached hydrogens (tertiary/aromatic N) is 2. The highest BCUT2D eigenvalue weighted by Gasteiger charge is 2.29. The van der Waals surface area contributed by atoms with E-state index in [1.807, 2.05) is 0 Å². The molecule has 0 aliphatic heterocycles. The van der Waals surface area contributed by atoms with E-state index in [0.717, 1.165) is 23.1 Å². The molecule has 0 radical (unpaired) electrons. The van der Waals surface area contributed by atoms with Crippen LogP contribution in [0.25, 0.3) is 0 Å². The molecular formula is C9H10F3N3O3S3. The summed E-state index contributed by atoms with van der Waals surface area (Å²) in [6.45, 7) is 1.95. The van der Waals surface area contributed by atoms with E-state index in [0.29, 0.717) is 4.34 Å². The number of alkyl halides is 3. The van der Waals surface area contributed by atoms with Crippen LogP contribution in [0.3, 0.4) is 0 Å². The lowest BCUT2D eigenvalue weighted by Gasteiger charge is -2.04. The highest BCUT2D eigenvalue weighted by atomic mass is 32.2. The van der Waals surface area contributed by atoms with Crippen molar-refractivity contribution in [1.82, 2.24) is 10.2 Å². The number of ether oxygens (including phenoxy) is 1. The van der Waals surface area contributed by atoms with Crippen LogP contribution < -0.4 is 5.32 Å². The molecule has 0 bridgehead atoms. The number of esters is 1. The number of nitrogens with one attached hydrogen (secondary N) is 1. The van der Waals surface area contributed by atoms with E-state index in [1.165, 1.54) is 0 Å². The van der Waals surface area contributed by atoms with Crippen LogP contribution in [0.1, 0.15) is 6.92 Å². The topological polar surface area (TPSA) is 81.2 Å². The zero-order valence-corrected chi connectivity index (χ0v) is 13.0. The first-order chi connectivity index (χ1) is 9.80. The Morgan fingerprint density at radius 3 is 2.67 bits per heavy atom. The first-order valence-corrected chi connectivity index (χ1v) is 8.21. The molecule has 0 unspecified atom stereocenters. The molecule has 0 aliphatic carbocycles. The minimum atomic E-state index is -4.46. The number of hydrogen-bond acceptors (Lipinski definition) is 8. The van der Waals surface area contributed by atoms with Gasteiger partial charge in [-0.3, -0.25) is 14.9 Å². The number of carbonyl (C=O) groups excluding carboxylic acids is 2. The summed E-state index contributed by atoms with van der Waals surface area (Å²) >= 11 is 1.60. The molecule has 1 rings (SSSR count). The SMILES string of the molecule is CCOC(=O)CSc1nnc(NC(=O)CSC(F)(F)F)s1. The number of thioether (sulfide) groups is 2. The van der Waals surface area contributed by atoms with Crippen molar-refractivity contribution < 1.29 is 27.5 Å². The third-order valence-electron chi connectivity index (χ3n) is 1.64. The van der Waals surface area contributed by atoms with E-state index in [-0.39, 0.29) is 17.5 Å². The van der Waals surface area contributed by atoms with Crippen LogP contribution in [0.5, 0.6) is 0 Å². The Kier molecular flexibility index (Phi) is 7.25. The number of hydrogen-bond donors (Lipinski definition) is 1. The minimum absolute atomic E-state index is 0.0420. The summed E-state index contributed by atoms with van der Waals surface area (Å²) in [6, 6.07) is 0. The maximum atomic E-state index is 11.9. The van der Waals surface area contributed by atoms with Gasteiger partial charge in [-0.15, -0.1) is 10.2 Å². The third-order valence-corrected chi connectivity index (χ3v) is 4.32. The molecule has 0 atom stereocenters. The Morgan fingerprint density at radius 2 is 2.05 bits per heavy atom. The van der Waals surface area contributed by atoms with Crippen LogP contribution in [-0.4, -0.2) is 45.7 Å². The standard InChI is InChI=1S/C9H10F3N3O3S3/c1-2-18-6(17)4-19-8-15-14-7(21-8)13-5(16)3-20-9(10,11)12/h2-4H2,1H3,(H,13,14,16). The van der Waals surface area contributed by atoms with Gasteiger partial charge in [0.15, 0.2) is 4.34 Å². The molecule has 1 aromatic rings. The van der Waals surface area contributed by atoms with Crippen molar-refractivity contribution in [3.8, 4) is 0 Å². The van der Waals surface area contributed by atoms with Gasteiger partial charge in [-0.1, -0.05) is 23.1 Å². The van der Waals surface area contributed by atoms with E-state index in [9.17, 15) is 22.8 Å². The van der Waals surface area contributed by atoms with E-state index in [1.54, 1.807) is 6.92 Å². The predicted molar refractivity (Wildman–Crippen MR) is 74.4 cm³/mol. The molecule has 12 heteroatoms. The van der Waals surface area contributed by atoms with Gasteiger partial charge in [-0.2, -0.15) is 13.2 Å². The molecule has 0 fully saturated rings. The van der Waals surface area contributed by atoms with Gasteiger partial charge in [-0.05, 0) is 18.7 Å². The first kappa shape index (κ1) is 18.0. The normalized spacial score (nSPS) is 11.2. The third kappa shape index (κ3) is 8.12. The second-order valence-corrected chi connectivity index (χ2v) is 6.49. The van der Waals surface area contributed by atoms with Gasteiger partial charge in [0.05, 0.1) is 18.1 Å². The van der Waals surface area contributed by atoms with Crippen LogP contribution in [0.15, 0.2) is 4.34 Å². The molecule has 0 aromatic carbocycles. The lowest BCUT2D eigenvalue weighted by Crippen LogP contribution is -2.16. The fraction of sp³-hybridized carbons (Fsp3) is 0.556. The highest BCUT2D eigenvalue weighted by Crippen LogP contribution is 2.30. The largest absolute Gasteiger partial charge is 0.465 e. The van der Waals surface area contributed by atoms with Crippen LogP contribution in [0.2, 0.25) is 0 Å². The molecule has 1 aromatic heterocycles. The van der Waals surface area contributed by atoms with E-state index in [2.05, 4.69) is 15.5 Å². The average molecular weight is 361 g/mol. The lowest BCUT2D eigenvalue weighted by atomic mass is 10.7. The monoisotopic (exact) mass is 361 g/mol. The Bertz CT molecular complexity index is 495. The molecule has 1 heterocycles. The number of anilines is 1. The van der Waals surface area contributed by atoms with Gasteiger partial charge in [0.1, 0.15) is 0 Å². The van der Waals surface area contributed by atoms with Crippen molar-refractivity contribution in [2.45, 2.75) is 16.8 Å².